The molecule has 0 radical (unpaired) electrons. The van der Waals surface area contributed by atoms with Gasteiger partial charge in [0.15, 0.2) is 0 Å². The van der Waals surface area contributed by atoms with Crippen LogP contribution in [0.5, 0.6) is 0 Å². The van der Waals surface area contributed by atoms with Gasteiger partial charge in [0.25, 0.3) is 7.82 Å². The number of rotatable bonds is 7. The van der Waals surface area contributed by atoms with E-state index in [0.717, 1.165) is 26.4 Å². The second-order valence-corrected chi connectivity index (χ2v) is 3.70. The van der Waals surface area contributed by atoms with Gasteiger partial charge in [-0.3, -0.25) is 4.57 Å². The number of phosphoric acid groups is 1. The van der Waals surface area contributed by atoms with Crippen molar-refractivity contribution in [2.24, 2.45) is 5.73 Å². The van der Waals surface area contributed by atoms with E-state index < -0.39 is 7.82 Å². The first-order valence-corrected chi connectivity index (χ1v) is 5.89. The van der Waals surface area contributed by atoms with Gasteiger partial charge in [0.1, 0.15) is 0 Å². The van der Waals surface area contributed by atoms with Gasteiger partial charge in [0.05, 0.1) is 6.61 Å². The van der Waals surface area contributed by atoms with E-state index in [1.54, 1.807) is 0 Å². The van der Waals surface area contributed by atoms with Crippen molar-refractivity contribution >= 4 is 7.82 Å². The minimum atomic E-state index is -4.50. The molecule has 1 unspecified atom stereocenters. The molecular weight excluding hydrogens is 209 g/mol. The Balaban J connectivity index is 0. The summed E-state index contributed by atoms with van der Waals surface area (Å²) in [5, 5.41) is 7.00. The molecule has 14 heavy (non-hydrogen) atoms. The van der Waals surface area contributed by atoms with Crippen LogP contribution in [0.4, 0.5) is 0 Å². The number of aliphatic hydroxyl groups is 1. The molecule has 88 valence electrons. The highest BCUT2D eigenvalue weighted by molar-refractivity contribution is 7.44. The molecule has 0 bridgehead atoms. The summed E-state index contributed by atoms with van der Waals surface area (Å²) in [7, 11) is -3.50. The third kappa shape index (κ3) is 17.9. The summed E-state index contributed by atoms with van der Waals surface area (Å²) in [6.07, 6.45) is 3.41. The number of nitrogens with two attached hydrogens (primary N) is 1. The van der Waals surface area contributed by atoms with Crippen molar-refractivity contribution in [1.82, 2.24) is 0 Å². The molecule has 0 spiro atoms. The van der Waals surface area contributed by atoms with Gasteiger partial charge < -0.3 is 25.2 Å². The highest BCUT2D eigenvalue weighted by Crippen LogP contribution is 2.30. The predicted molar refractivity (Wildman–Crippen MR) is 51.4 cm³/mol. The van der Waals surface area contributed by atoms with E-state index >= 15 is 0 Å². The van der Waals surface area contributed by atoms with E-state index in [1.807, 2.05) is 0 Å². The van der Waals surface area contributed by atoms with E-state index in [4.69, 9.17) is 15.7 Å². The van der Waals surface area contributed by atoms with Gasteiger partial charge in [0, 0.05) is 7.11 Å². The van der Waals surface area contributed by atoms with Crippen molar-refractivity contribution in [2.45, 2.75) is 25.7 Å². The molecule has 0 heterocycles. The Kier molecular flexibility index (Phi) is 13.1. The second-order valence-electron chi connectivity index (χ2n) is 2.50. The number of aliphatic hydroxyl groups excluding tert-OH is 1. The van der Waals surface area contributed by atoms with Crippen LogP contribution in [0.15, 0.2) is 0 Å². The molecule has 7 heteroatoms. The summed E-state index contributed by atoms with van der Waals surface area (Å²) in [4.78, 5) is 18.2. The van der Waals surface area contributed by atoms with E-state index in [2.05, 4.69) is 4.52 Å². The first-order chi connectivity index (χ1) is 6.56. The van der Waals surface area contributed by atoms with E-state index in [-0.39, 0.29) is 6.61 Å². The lowest BCUT2D eigenvalue weighted by molar-refractivity contribution is -0.219. The first kappa shape index (κ1) is 16.5. The van der Waals surface area contributed by atoms with E-state index in [0.29, 0.717) is 13.0 Å². The Bertz CT molecular complexity index is 149. The summed E-state index contributed by atoms with van der Waals surface area (Å²) in [6.45, 7) is 0.711. The van der Waals surface area contributed by atoms with Crippen LogP contribution in [0, 0.1) is 0 Å². The second kappa shape index (κ2) is 11.1. The predicted octanol–water partition coefficient (Wildman–Crippen LogP) is -0.409. The lowest BCUT2D eigenvalue weighted by Crippen LogP contribution is -2.04. The molecular formula is C7H19NO5P-. The molecule has 0 rings (SSSR count). The lowest BCUT2D eigenvalue weighted by Gasteiger charge is -2.14. The van der Waals surface area contributed by atoms with Crippen molar-refractivity contribution in [2.75, 3.05) is 20.3 Å². The zero-order chi connectivity index (χ0) is 11.4. The zero-order valence-corrected chi connectivity index (χ0v) is 9.28. The third-order valence-electron chi connectivity index (χ3n) is 1.35. The quantitative estimate of drug-likeness (QED) is 0.403. The fourth-order valence-electron chi connectivity index (χ4n) is 0.780. The highest BCUT2D eigenvalue weighted by atomic mass is 31.2. The van der Waals surface area contributed by atoms with Gasteiger partial charge in [-0.2, -0.15) is 0 Å². The number of hydrogen-bond donors (Lipinski definition) is 3. The fourth-order valence-corrected chi connectivity index (χ4v) is 1.14. The molecule has 1 atom stereocenters. The summed E-state index contributed by atoms with van der Waals surface area (Å²) in [5.74, 6) is 0. The molecule has 0 aromatic carbocycles. The molecule has 0 saturated carbocycles. The van der Waals surface area contributed by atoms with Crippen molar-refractivity contribution in [3.8, 4) is 0 Å². The standard InChI is InChI=1S/C6H16NO4P.CH4O/c7-5-3-1-2-4-6-11-12(8,9)10;1-2/h1-7H2,(H2,8,9,10);2H,1H3/p-1. The fraction of sp³-hybridized carbons (Fsp3) is 1.00. The normalized spacial score (nSPS) is 14.1. The van der Waals surface area contributed by atoms with Crippen LogP contribution in [0.1, 0.15) is 25.7 Å². The summed E-state index contributed by atoms with van der Waals surface area (Å²) < 4.78 is 14.2. The van der Waals surface area contributed by atoms with Crippen molar-refractivity contribution in [3.05, 3.63) is 0 Å². The molecule has 0 amide bonds. The summed E-state index contributed by atoms with van der Waals surface area (Å²) in [5.41, 5.74) is 5.25. The van der Waals surface area contributed by atoms with Gasteiger partial charge >= 0.3 is 0 Å². The number of phosphoric ester groups is 1. The van der Waals surface area contributed by atoms with Crippen LogP contribution in [-0.2, 0) is 9.09 Å². The molecule has 0 aliphatic carbocycles. The Morgan fingerprint density at radius 3 is 2.21 bits per heavy atom. The molecule has 0 aliphatic heterocycles. The Labute approximate surface area is 84.3 Å². The van der Waals surface area contributed by atoms with E-state index in [9.17, 15) is 9.46 Å². The summed E-state index contributed by atoms with van der Waals surface area (Å²) in [6, 6.07) is 0. The maximum Gasteiger partial charge on any atom is 0.265 e. The Morgan fingerprint density at radius 2 is 1.79 bits per heavy atom. The van der Waals surface area contributed by atoms with Crippen LogP contribution < -0.4 is 10.6 Å². The van der Waals surface area contributed by atoms with Crippen molar-refractivity contribution in [3.63, 3.8) is 0 Å². The highest BCUT2D eigenvalue weighted by Gasteiger charge is 1.99. The van der Waals surface area contributed by atoms with Gasteiger partial charge in [-0.1, -0.05) is 12.8 Å². The average molecular weight is 228 g/mol. The number of unbranched alkanes of at least 4 members (excludes halogenated alkanes) is 3. The van der Waals surface area contributed by atoms with Gasteiger partial charge in [0.2, 0.25) is 0 Å². The van der Waals surface area contributed by atoms with Crippen LogP contribution in [-0.4, -0.2) is 30.3 Å². The first-order valence-electron chi connectivity index (χ1n) is 4.39. The molecule has 0 aromatic rings. The molecule has 0 fully saturated rings. The van der Waals surface area contributed by atoms with Crippen LogP contribution in [0.25, 0.3) is 0 Å². The SMILES string of the molecule is CO.NCCCCCCOP(=O)([O-])O. The molecule has 4 N–H and O–H groups in total. The maximum atomic E-state index is 10.1. The van der Waals surface area contributed by atoms with Gasteiger partial charge in [-0.25, -0.2) is 0 Å². The lowest BCUT2D eigenvalue weighted by atomic mass is 10.2. The van der Waals surface area contributed by atoms with Crippen molar-refractivity contribution in [1.29, 1.82) is 0 Å². The minimum Gasteiger partial charge on any atom is -0.756 e. The summed E-state index contributed by atoms with van der Waals surface area (Å²) >= 11 is 0. The Morgan fingerprint density at radius 1 is 1.29 bits per heavy atom. The molecule has 6 nitrogen and oxygen atoms in total. The van der Waals surface area contributed by atoms with Crippen LogP contribution >= 0.6 is 7.82 Å². The Hall–Kier alpha value is 0.0300. The maximum absolute atomic E-state index is 10.1. The molecule has 0 saturated heterocycles. The topological polar surface area (TPSA) is 116 Å². The van der Waals surface area contributed by atoms with Crippen molar-refractivity contribution < 1.29 is 24.0 Å². The third-order valence-corrected chi connectivity index (χ3v) is 1.86. The monoisotopic (exact) mass is 228 g/mol. The molecule has 0 aromatic heterocycles. The average Bonchev–Trinajstić information content (AvgIpc) is 2.13. The van der Waals surface area contributed by atoms with Gasteiger partial charge in [-0.05, 0) is 19.4 Å². The number of hydrogen-bond acceptors (Lipinski definition) is 5. The van der Waals surface area contributed by atoms with Crippen LogP contribution in [0.2, 0.25) is 0 Å². The van der Waals surface area contributed by atoms with Gasteiger partial charge in [-0.15, -0.1) is 0 Å². The van der Waals surface area contributed by atoms with E-state index in [1.165, 1.54) is 0 Å². The zero-order valence-electron chi connectivity index (χ0n) is 8.39. The molecule has 0 aliphatic rings. The minimum absolute atomic E-state index is 0.0574. The largest absolute Gasteiger partial charge is 0.756 e. The smallest absolute Gasteiger partial charge is 0.265 e. The van der Waals surface area contributed by atoms with Crippen LogP contribution in [0.3, 0.4) is 0 Å².